The highest BCUT2D eigenvalue weighted by Crippen LogP contribution is 2.35. The summed E-state index contributed by atoms with van der Waals surface area (Å²) >= 11 is 9.04. The summed E-state index contributed by atoms with van der Waals surface area (Å²) < 4.78 is 0.984. The molecule has 2 heterocycles. The van der Waals surface area contributed by atoms with Crippen molar-refractivity contribution in [2.75, 3.05) is 11.1 Å². The molecule has 0 fully saturated rings. The minimum Gasteiger partial charge on any atom is -0.325 e. The highest BCUT2D eigenvalue weighted by molar-refractivity contribution is 8.00. The number of benzene rings is 2. The molecular formula is C21H17ClN4OS2. The standard InChI is InChI=1S/C21H17ClN4OS2/c1-12-15(22)9-6-10-16(12)24-17(27)11-28-21-19-20(29-13(2)23-19)18(25-26-21)14-7-4-3-5-8-14/h3-10H,11H2,1-2H3,(H,24,27). The lowest BCUT2D eigenvalue weighted by atomic mass is 10.1. The molecule has 5 nitrogen and oxygen atoms in total. The van der Waals surface area contributed by atoms with E-state index in [-0.39, 0.29) is 11.7 Å². The number of aromatic nitrogens is 3. The minimum atomic E-state index is -0.130. The quantitative estimate of drug-likeness (QED) is 0.400. The van der Waals surface area contributed by atoms with Crippen LogP contribution in [0, 0.1) is 13.8 Å². The molecule has 0 unspecified atom stereocenters. The maximum Gasteiger partial charge on any atom is 0.234 e. The van der Waals surface area contributed by atoms with Gasteiger partial charge >= 0.3 is 0 Å². The molecule has 0 atom stereocenters. The molecule has 29 heavy (non-hydrogen) atoms. The maximum absolute atomic E-state index is 12.4. The highest BCUT2D eigenvalue weighted by atomic mass is 35.5. The van der Waals surface area contributed by atoms with Gasteiger partial charge in [0.05, 0.1) is 15.5 Å². The lowest BCUT2D eigenvalue weighted by molar-refractivity contribution is -0.113. The Hall–Kier alpha value is -2.48. The van der Waals surface area contributed by atoms with Gasteiger partial charge in [-0.05, 0) is 31.5 Å². The SMILES string of the molecule is Cc1nc2c(SCC(=O)Nc3cccc(Cl)c3C)nnc(-c3ccccc3)c2s1. The number of nitrogens with one attached hydrogen (secondary N) is 1. The van der Waals surface area contributed by atoms with Crippen LogP contribution in [-0.2, 0) is 4.79 Å². The molecule has 1 N–H and O–H groups in total. The molecule has 0 saturated carbocycles. The number of carbonyl (C=O) groups is 1. The zero-order valence-electron chi connectivity index (χ0n) is 15.8. The summed E-state index contributed by atoms with van der Waals surface area (Å²) in [6, 6.07) is 15.4. The number of thiazole rings is 1. The van der Waals surface area contributed by atoms with Crippen LogP contribution in [0.1, 0.15) is 10.6 Å². The molecule has 0 saturated heterocycles. The second kappa shape index (κ2) is 8.49. The van der Waals surface area contributed by atoms with Gasteiger partial charge in [-0.3, -0.25) is 4.79 Å². The van der Waals surface area contributed by atoms with Gasteiger partial charge in [0.15, 0.2) is 0 Å². The van der Waals surface area contributed by atoms with Crippen molar-refractivity contribution in [3.8, 4) is 11.3 Å². The van der Waals surface area contributed by atoms with Crippen molar-refractivity contribution >= 4 is 56.5 Å². The van der Waals surface area contributed by atoms with E-state index < -0.39 is 0 Å². The summed E-state index contributed by atoms with van der Waals surface area (Å²) in [5.41, 5.74) is 4.16. The number of hydrogen-bond donors (Lipinski definition) is 1. The Labute approximate surface area is 181 Å². The van der Waals surface area contributed by atoms with Gasteiger partial charge in [-0.1, -0.05) is 59.8 Å². The number of fused-ring (bicyclic) bond motifs is 1. The van der Waals surface area contributed by atoms with Crippen molar-refractivity contribution in [3.63, 3.8) is 0 Å². The van der Waals surface area contributed by atoms with Gasteiger partial charge in [0, 0.05) is 16.3 Å². The molecule has 8 heteroatoms. The maximum atomic E-state index is 12.4. The Morgan fingerprint density at radius 3 is 2.69 bits per heavy atom. The molecule has 4 aromatic rings. The van der Waals surface area contributed by atoms with Crippen LogP contribution in [-0.4, -0.2) is 26.8 Å². The summed E-state index contributed by atoms with van der Waals surface area (Å²) in [6.07, 6.45) is 0. The van der Waals surface area contributed by atoms with Gasteiger partial charge in [0.1, 0.15) is 16.2 Å². The molecule has 0 aliphatic carbocycles. The molecule has 2 aromatic heterocycles. The van der Waals surface area contributed by atoms with Crippen molar-refractivity contribution in [1.82, 2.24) is 15.2 Å². The molecule has 0 aliphatic heterocycles. The summed E-state index contributed by atoms with van der Waals surface area (Å²) in [5.74, 6) is 0.0752. The first-order chi connectivity index (χ1) is 14.0. The second-order valence-corrected chi connectivity index (χ2v) is 8.95. The minimum absolute atomic E-state index is 0.130. The fraction of sp³-hybridized carbons (Fsp3) is 0.143. The van der Waals surface area contributed by atoms with Gasteiger partial charge in [-0.2, -0.15) is 0 Å². The summed E-state index contributed by atoms with van der Waals surface area (Å²) in [4.78, 5) is 17.1. The van der Waals surface area contributed by atoms with Crippen molar-refractivity contribution < 1.29 is 4.79 Å². The fourth-order valence-electron chi connectivity index (χ4n) is 2.87. The molecule has 146 valence electrons. The highest BCUT2D eigenvalue weighted by Gasteiger charge is 2.17. The van der Waals surface area contributed by atoms with Gasteiger partial charge in [-0.15, -0.1) is 21.5 Å². The molecule has 2 aromatic carbocycles. The normalized spacial score (nSPS) is 11.0. The van der Waals surface area contributed by atoms with E-state index in [4.69, 9.17) is 11.6 Å². The Kier molecular flexibility index (Phi) is 5.80. The molecule has 1 amide bonds. The lowest BCUT2D eigenvalue weighted by Crippen LogP contribution is -2.15. The van der Waals surface area contributed by atoms with Gasteiger partial charge in [-0.25, -0.2) is 4.98 Å². The molecule has 0 radical (unpaired) electrons. The van der Waals surface area contributed by atoms with E-state index in [2.05, 4.69) is 20.5 Å². The van der Waals surface area contributed by atoms with Gasteiger partial charge in [0.25, 0.3) is 0 Å². The third-order valence-corrected chi connectivity index (χ3v) is 6.66. The van der Waals surface area contributed by atoms with Crippen LogP contribution in [0.2, 0.25) is 5.02 Å². The average molecular weight is 441 g/mol. The summed E-state index contributed by atoms with van der Waals surface area (Å²) in [6.45, 7) is 3.84. The Bertz CT molecular complexity index is 1190. The first kappa shape index (κ1) is 19.8. The van der Waals surface area contributed by atoms with E-state index >= 15 is 0 Å². The number of carbonyl (C=O) groups excluding carboxylic acids is 1. The van der Waals surface area contributed by atoms with E-state index in [0.29, 0.717) is 15.7 Å². The van der Waals surface area contributed by atoms with Crippen molar-refractivity contribution in [2.24, 2.45) is 0 Å². The van der Waals surface area contributed by atoms with Crippen LogP contribution in [0.25, 0.3) is 21.5 Å². The van der Waals surface area contributed by atoms with Gasteiger partial charge in [0.2, 0.25) is 5.91 Å². The van der Waals surface area contributed by atoms with Crippen molar-refractivity contribution in [3.05, 3.63) is 64.1 Å². The fourth-order valence-corrected chi connectivity index (χ4v) is 4.75. The zero-order chi connectivity index (χ0) is 20.4. The van der Waals surface area contributed by atoms with Crippen LogP contribution < -0.4 is 5.32 Å². The van der Waals surface area contributed by atoms with E-state index in [1.807, 2.05) is 56.3 Å². The summed E-state index contributed by atoms with van der Waals surface area (Å²) in [5, 5.41) is 13.9. The number of aryl methyl sites for hydroxylation is 1. The van der Waals surface area contributed by atoms with Crippen LogP contribution in [0.15, 0.2) is 53.6 Å². The predicted molar refractivity (Wildman–Crippen MR) is 121 cm³/mol. The largest absolute Gasteiger partial charge is 0.325 e. The number of halogens is 1. The Morgan fingerprint density at radius 1 is 1.10 bits per heavy atom. The molecule has 4 rings (SSSR count). The molecule has 0 bridgehead atoms. The number of nitrogens with zero attached hydrogens (tertiary/aromatic N) is 3. The number of thioether (sulfide) groups is 1. The molecule has 0 spiro atoms. The van der Waals surface area contributed by atoms with E-state index in [0.717, 1.165) is 32.0 Å². The monoisotopic (exact) mass is 440 g/mol. The van der Waals surface area contributed by atoms with Crippen LogP contribution in [0.3, 0.4) is 0 Å². The third-order valence-electron chi connectivity index (χ3n) is 4.32. The van der Waals surface area contributed by atoms with Crippen LogP contribution >= 0.6 is 34.7 Å². The first-order valence-corrected chi connectivity index (χ1v) is 11.1. The molecule has 0 aliphatic rings. The number of amides is 1. The second-order valence-electron chi connectivity index (χ2n) is 6.38. The number of rotatable bonds is 5. The van der Waals surface area contributed by atoms with Crippen LogP contribution in [0.5, 0.6) is 0 Å². The first-order valence-electron chi connectivity index (χ1n) is 8.90. The Balaban J connectivity index is 1.56. The zero-order valence-corrected chi connectivity index (χ0v) is 18.2. The predicted octanol–water partition coefficient (Wildman–Crippen LogP) is 5.75. The molecular weight excluding hydrogens is 424 g/mol. The Morgan fingerprint density at radius 2 is 1.90 bits per heavy atom. The van der Waals surface area contributed by atoms with E-state index in [1.54, 1.807) is 17.4 Å². The van der Waals surface area contributed by atoms with Gasteiger partial charge < -0.3 is 5.32 Å². The van der Waals surface area contributed by atoms with Crippen LogP contribution in [0.4, 0.5) is 5.69 Å². The van der Waals surface area contributed by atoms with Crippen molar-refractivity contribution in [2.45, 2.75) is 18.9 Å². The van der Waals surface area contributed by atoms with E-state index in [1.165, 1.54) is 11.8 Å². The lowest BCUT2D eigenvalue weighted by Gasteiger charge is -2.09. The third kappa shape index (κ3) is 4.27. The average Bonchev–Trinajstić information content (AvgIpc) is 3.12. The van der Waals surface area contributed by atoms with Crippen molar-refractivity contribution in [1.29, 1.82) is 0 Å². The summed E-state index contributed by atoms with van der Waals surface area (Å²) in [7, 11) is 0. The smallest absolute Gasteiger partial charge is 0.234 e. The topological polar surface area (TPSA) is 67.8 Å². The van der Waals surface area contributed by atoms with E-state index in [9.17, 15) is 4.79 Å². The number of anilines is 1. The number of hydrogen-bond acceptors (Lipinski definition) is 6.